The molecular weight excluding hydrogens is 208 g/mol. The number of aliphatic carboxylic acids is 1. The van der Waals surface area contributed by atoms with E-state index in [9.17, 15) is 4.79 Å². The molecule has 1 rings (SSSR count). The van der Waals surface area contributed by atoms with E-state index in [1.807, 2.05) is 0 Å². The SMILES string of the molecule is CC[C@@H](Oc1ccc(C(=N)N)cc1)C(=O)O. The molecule has 0 fully saturated rings. The highest BCUT2D eigenvalue weighted by atomic mass is 16.5. The molecule has 0 saturated heterocycles. The van der Waals surface area contributed by atoms with E-state index >= 15 is 0 Å². The average Bonchev–Trinajstić information content (AvgIpc) is 2.26. The number of nitrogens with two attached hydrogens (primary N) is 1. The van der Waals surface area contributed by atoms with Crippen LogP contribution in [0.2, 0.25) is 0 Å². The molecule has 86 valence electrons. The van der Waals surface area contributed by atoms with Crippen molar-refractivity contribution in [1.29, 1.82) is 5.41 Å². The molecule has 0 amide bonds. The van der Waals surface area contributed by atoms with Gasteiger partial charge >= 0.3 is 5.97 Å². The Hall–Kier alpha value is -2.04. The largest absolute Gasteiger partial charge is 0.479 e. The highest BCUT2D eigenvalue weighted by Gasteiger charge is 2.16. The number of hydrogen-bond donors (Lipinski definition) is 3. The molecule has 1 aromatic rings. The Morgan fingerprint density at radius 1 is 1.50 bits per heavy atom. The lowest BCUT2D eigenvalue weighted by atomic mass is 10.2. The van der Waals surface area contributed by atoms with Gasteiger partial charge in [-0.1, -0.05) is 6.92 Å². The number of amidine groups is 1. The monoisotopic (exact) mass is 222 g/mol. The fourth-order valence-electron chi connectivity index (χ4n) is 1.19. The Kier molecular flexibility index (Phi) is 3.88. The first-order valence-corrected chi connectivity index (χ1v) is 4.88. The van der Waals surface area contributed by atoms with Gasteiger partial charge in [0.05, 0.1) is 0 Å². The Morgan fingerprint density at radius 3 is 2.44 bits per heavy atom. The van der Waals surface area contributed by atoms with Crippen molar-refractivity contribution in [3.8, 4) is 5.75 Å². The fourth-order valence-corrected chi connectivity index (χ4v) is 1.19. The quantitative estimate of drug-likeness (QED) is 0.515. The van der Waals surface area contributed by atoms with Crippen LogP contribution in [-0.2, 0) is 4.79 Å². The van der Waals surface area contributed by atoms with Crippen LogP contribution in [0, 0.1) is 5.41 Å². The smallest absolute Gasteiger partial charge is 0.344 e. The molecule has 1 atom stereocenters. The van der Waals surface area contributed by atoms with E-state index in [1.165, 1.54) is 0 Å². The van der Waals surface area contributed by atoms with Crippen LogP contribution in [0.3, 0.4) is 0 Å². The Bertz CT molecular complexity index is 387. The van der Waals surface area contributed by atoms with Crippen molar-refractivity contribution in [2.24, 2.45) is 5.73 Å². The van der Waals surface area contributed by atoms with E-state index in [4.69, 9.17) is 21.0 Å². The number of ether oxygens (including phenoxy) is 1. The first kappa shape index (κ1) is 12.0. The normalized spacial score (nSPS) is 11.8. The highest BCUT2D eigenvalue weighted by Crippen LogP contribution is 2.14. The number of hydrogen-bond acceptors (Lipinski definition) is 3. The number of carbonyl (C=O) groups is 1. The van der Waals surface area contributed by atoms with Crippen LogP contribution in [0.15, 0.2) is 24.3 Å². The van der Waals surface area contributed by atoms with E-state index < -0.39 is 12.1 Å². The van der Waals surface area contributed by atoms with Crippen LogP contribution in [0.25, 0.3) is 0 Å². The third-order valence-corrected chi connectivity index (χ3v) is 2.09. The summed E-state index contributed by atoms with van der Waals surface area (Å²) in [7, 11) is 0. The van der Waals surface area contributed by atoms with Gasteiger partial charge in [-0.15, -0.1) is 0 Å². The van der Waals surface area contributed by atoms with Gasteiger partial charge < -0.3 is 15.6 Å². The zero-order chi connectivity index (χ0) is 12.1. The zero-order valence-electron chi connectivity index (χ0n) is 8.93. The maximum absolute atomic E-state index is 10.7. The first-order valence-electron chi connectivity index (χ1n) is 4.88. The summed E-state index contributed by atoms with van der Waals surface area (Å²) < 4.78 is 5.25. The van der Waals surface area contributed by atoms with Crippen LogP contribution in [0.1, 0.15) is 18.9 Å². The van der Waals surface area contributed by atoms with Gasteiger partial charge in [0.1, 0.15) is 11.6 Å². The van der Waals surface area contributed by atoms with Crippen LogP contribution >= 0.6 is 0 Å². The molecule has 0 aromatic heterocycles. The van der Waals surface area contributed by atoms with Gasteiger partial charge in [-0.3, -0.25) is 5.41 Å². The molecule has 0 spiro atoms. The van der Waals surface area contributed by atoms with Gasteiger partial charge in [-0.2, -0.15) is 0 Å². The molecule has 1 aromatic carbocycles. The minimum absolute atomic E-state index is 0.0307. The van der Waals surface area contributed by atoms with Gasteiger partial charge in [-0.25, -0.2) is 4.79 Å². The van der Waals surface area contributed by atoms with E-state index in [-0.39, 0.29) is 5.84 Å². The molecule has 5 nitrogen and oxygen atoms in total. The molecule has 4 N–H and O–H groups in total. The predicted octanol–water partition coefficient (Wildman–Crippen LogP) is 1.21. The van der Waals surface area contributed by atoms with Crippen LogP contribution in [0.4, 0.5) is 0 Å². The lowest BCUT2D eigenvalue weighted by molar-refractivity contribution is -0.145. The van der Waals surface area contributed by atoms with E-state index in [0.717, 1.165) is 0 Å². The summed E-state index contributed by atoms with van der Waals surface area (Å²) in [5, 5.41) is 16.0. The second kappa shape index (κ2) is 5.16. The summed E-state index contributed by atoms with van der Waals surface area (Å²) in [4.78, 5) is 10.7. The van der Waals surface area contributed by atoms with Crippen molar-refractivity contribution in [2.75, 3.05) is 0 Å². The van der Waals surface area contributed by atoms with Crippen molar-refractivity contribution in [1.82, 2.24) is 0 Å². The summed E-state index contributed by atoms with van der Waals surface area (Å²) >= 11 is 0. The highest BCUT2D eigenvalue weighted by molar-refractivity contribution is 5.94. The maximum Gasteiger partial charge on any atom is 0.344 e. The summed E-state index contributed by atoms with van der Waals surface area (Å²) in [5.41, 5.74) is 5.87. The van der Waals surface area contributed by atoms with Gasteiger partial charge in [0.2, 0.25) is 0 Å². The third kappa shape index (κ3) is 2.98. The molecule has 0 aliphatic rings. The maximum atomic E-state index is 10.7. The van der Waals surface area contributed by atoms with Gasteiger partial charge in [0.25, 0.3) is 0 Å². The summed E-state index contributed by atoms with van der Waals surface area (Å²) in [6, 6.07) is 6.43. The van der Waals surface area contributed by atoms with E-state index in [2.05, 4.69) is 0 Å². The average molecular weight is 222 g/mol. The molecule has 0 saturated carbocycles. The number of rotatable bonds is 5. The predicted molar refractivity (Wildman–Crippen MR) is 59.8 cm³/mol. The second-order valence-corrected chi connectivity index (χ2v) is 3.29. The molecule has 0 unspecified atom stereocenters. The molecular formula is C11H14N2O3. The fraction of sp³-hybridized carbons (Fsp3) is 0.273. The molecule has 0 radical (unpaired) electrons. The molecule has 0 aliphatic carbocycles. The third-order valence-electron chi connectivity index (χ3n) is 2.09. The molecule has 0 aliphatic heterocycles. The van der Waals surface area contributed by atoms with Crippen molar-refractivity contribution >= 4 is 11.8 Å². The van der Waals surface area contributed by atoms with Gasteiger partial charge in [0.15, 0.2) is 6.10 Å². The van der Waals surface area contributed by atoms with Gasteiger partial charge in [0, 0.05) is 5.56 Å². The zero-order valence-corrected chi connectivity index (χ0v) is 8.93. The van der Waals surface area contributed by atoms with E-state index in [1.54, 1.807) is 31.2 Å². The number of benzene rings is 1. The van der Waals surface area contributed by atoms with Crippen molar-refractivity contribution in [3.63, 3.8) is 0 Å². The van der Waals surface area contributed by atoms with Crippen molar-refractivity contribution < 1.29 is 14.6 Å². The molecule has 0 heterocycles. The topological polar surface area (TPSA) is 96.4 Å². The van der Waals surface area contributed by atoms with Gasteiger partial charge in [-0.05, 0) is 30.7 Å². The lowest BCUT2D eigenvalue weighted by Crippen LogP contribution is -2.25. The van der Waals surface area contributed by atoms with Crippen molar-refractivity contribution in [2.45, 2.75) is 19.4 Å². The Balaban J connectivity index is 2.75. The Morgan fingerprint density at radius 2 is 2.06 bits per heavy atom. The standard InChI is InChI=1S/C11H14N2O3/c1-2-9(11(14)15)16-8-5-3-7(4-6-8)10(12)13/h3-6,9H,2H2,1H3,(H3,12,13)(H,14,15)/t9-/m1/s1. The lowest BCUT2D eigenvalue weighted by Gasteiger charge is -2.13. The number of nitrogens with one attached hydrogen (secondary N) is 1. The Labute approximate surface area is 93.4 Å². The minimum Gasteiger partial charge on any atom is -0.479 e. The molecule has 16 heavy (non-hydrogen) atoms. The van der Waals surface area contributed by atoms with Crippen molar-refractivity contribution in [3.05, 3.63) is 29.8 Å². The molecule has 0 bridgehead atoms. The first-order chi connectivity index (χ1) is 7.54. The summed E-state index contributed by atoms with van der Waals surface area (Å²) in [5.74, 6) is -0.561. The summed E-state index contributed by atoms with van der Waals surface area (Å²) in [6.07, 6.45) is -0.452. The summed E-state index contributed by atoms with van der Waals surface area (Å²) in [6.45, 7) is 1.74. The van der Waals surface area contributed by atoms with E-state index in [0.29, 0.717) is 17.7 Å². The number of nitrogen functional groups attached to an aromatic ring is 1. The van der Waals surface area contributed by atoms with Crippen LogP contribution in [-0.4, -0.2) is 23.0 Å². The minimum atomic E-state index is -0.988. The second-order valence-electron chi connectivity index (χ2n) is 3.29. The number of carboxylic acid groups (broad SMARTS) is 1. The van der Waals surface area contributed by atoms with Crippen LogP contribution < -0.4 is 10.5 Å². The molecule has 5 heteroatoms. The number of carboxylic acids is 1. The van der Waals surface area contributed by atoms with Crippen LogP contribution in [0.5, 0.6) is 5.75 Å².